The topological polar surface area (TPSA) is 41.8 Å². The lowest BCUT2D eigenvalue weighted by Crippen LogP contribution is -1.88. The van der Waals surface area contributed by atoms with Gasteiger partial charge in [0.05, 0.1) is 0 Å². The molecule has 0 aliphatic carbocycles. The number of anilines is 1. The molecule has 1 aromatic carbocycles. The maximum Gasteiger partial charge on any atom is 0.0462 e. The first-order chi connectivity index (χ1) is 6.09. The standard InChI is InChI=1S/C11H14N2/c1-6-4-11-9(5-10(6)12)7(2)8(3)13-11/h4-5,13H,12H2,1-3H3. The van der Waals surface area contributed by atoms with Crippen molar-refractivity contribution in [2.45, 2.75) is 20.8 Å². The maximum atomic E-state index is 5.85. The zero-order chi connectivity index (χ0) is 9.59. The van der Waals surface area contributed by atoms with Gasteiger partial charge >= 0.3 is 0 Å². The predicted octanol–water partition coefficient (Wildman–Crippen LogP) is 2.68. The first kappa shape index (κ1) is 8.17. The van der Waals surface area contributed by atoms with Gasteiger partial charge in [-0.3, -0.25) is 0 Å². The van der Waals surface area contributed by atoms with Crippen LogP contribution in [0.4, 0.5) is 5.69 Å². The molecule has 0 spiro atoms. The molecular weight excluding hydrogens is 160 g/mol. The maximum absolute atomic E-state index is 5.85. The van der Waals surface area contributed by atoms with E-state index in [1.807, 2.05) is 13.0 Å². The van der Waals surface area contributed by atoms with Crippen molar-refractivity contribution >= 4 is 16.6 Å². The summed E-state index contributed by atoms with van der Waals surface area (Å²) in [5.41, 5.74) is 11.6. The average Bonchev–Trinajstić information content (AvgIpc) is 2.32. The largest absolute Gasteiger partial charge is 0.398 e. The van der Waals surface area contributed by atoms with E-state index in [0.717, 1.165) is 11.3 Å². The SMILES string of the molecule is Cc1cc2[nH]c(C)c(C)c2cc1N. The van der Waals surface area contributed by atoms with Crippen molar-refractivity contribution in [2.24, 2.45) is 0 Å². The number of benzene rings is 1. The Morgan fingerprint density at radius 3 is 2.54 bits per heavy atom. The second kappa shape index (κ2) is 2.52. The summed E-state index contributed by atoms with van der Waals surface area (Å²) in [7, 11) is 0. The van der Waals surface area contributed by atoms with Crippen molar-refractivity contribution in [3.05, 3.63) is 29.0 Å². The molecule has 0 aliphatic heterocycles. The summed E-state index contributed by atoms with van der Waals surface area (Å²) in [5.74, 6) is 0. The molecule has 2 heteroatoms. The van der Waals surface area contributed by atoms with Gasteiger partial charge in [0.1, 0.15) is 0 Å². The Kier molecular flexibility index (Phi) is 1.59. The van der Waals surface area contributed by atoms with E-state index in [-0.39, 0.29) is 0 Å². The third-order valence-electron chi connectivity index (χ3n) is 2.69. The molecule has 0 bridgehead atoms. The van der Waals surface area contributed by atoms with Crippen molar-refractivity contribution in [1.29, 1.82) is 0 Å². The number of aryl methyl sites for hydroxylation is 3. The zero-order valence-corrected chi connectivity index (χ0v) is 8.23. The highest BCUT2D eigenvalue weighted by atomic mass is 14.7. The molecule has 1 aromatic heterocycles. The van der Waals surface area contributed by atoms with Crippen LogP contribution >= 0.6 is 0 Å². The Bertz CT molecular complexity index is 466. The van der Waals surface area contributed by atoms with Crippen LogP contribution in [0.3, 0.4) is 0 Å². The van der Waals surface area contributed by atoms with E-state index in [2.05, 4.69) is 24.9 Å². The minimum absolute atomic E-state index is 0.870. The predicted molar refractivity (Wildman–Crippen MR) is 56.9 cm³/mol. The highest BCUT2D eigenvalue weighted by molar-refractivity contribution is 5.88. The Morgan fingerprint density at radius 2 is 1.85 bits per heavy atom. The lowest BCUT2D eigenvalue weighted by atomic mass is 10.1. The quantitative estimate of drug-likeness (QED) is 0.592. The van der Waals surface area contributed by atoms with E-state index in [1.165, 1.54) is 22.2 Å². The van der Waals surface area contributed by atoms with Gasteiger partial charge in [0, 0.05) is 22.3 Å². The molecule has 0 amide bonds. The summed E-state index contributed by atoms with van der Waals surface area (Å²) < 4.78 is 0. The van der Waals surface area contributed by atoms with E-state index >= 15 is 0 Å². The van der Waals surface area contributed by atoms with Gasteiger partial charge < -0.3 is 10.7 Å². The molecule has 0 radical (unpaired) electrons. The second-order valence-corrected chi connectivity index (χ2v) is 3.63. The number of fused-ring (bicyclic) bond motifs is 1. The van der Waals surface area contributed by atoms with Crippen LogP contribution in [0.1, 0.15) is 16.8 Å². The summed E-state index contributed by atoms with van der Waals surface area (Å²) in [6.07, 6.45) is 0. The fraction of sp³-hybridized carbons (Fsp3) is 0.273. The molecule has 0 saturated heterocycles. The van der Waals surface area contributed by atoms with E-state index < -0.39 is 0 Å². The number of nitrogen functional groups attached to an aromatic ring is 1. The lowest BCUT2D eigenvalue weighted by molar-refractivity contribution is 1.25. The molecule has 1 heterocycles. The third kappa shape index (κ3) is 1.10. The van der Waals surface area contributed by atoms with E-state index in [0.29, 0.717) is 0 Å². The molecular formula is C11H14N2. The Morgan fingerprint density at radius 1 is 1.15 bits per heavy atom. The van der Waals surface area contributed by atoms with Gasteiger partial charge in [-0.25, -0.2) is 0 Å². The highest BCUT2D eigenvalue weighted by Crippen LogP contribution is 2.25. The molecule has 0 fully saturated rings. The summed E-state index contributed by atoms with van der Waals surface area (Å²) in [4.78, 5) is 3.34. The number of nitrogens with two attached hydrogens (primary N) is 1. The van der Waals surface area contributed by atoms with Crippen LogP contribution in [0.15, 0.2) is 12.1 Å². The molecule has 0 atom stereocenters. The molecule has 2 aromatic rings. The number of hydrogen-bond donors (Lipinski definition) is 2. The highest BCUT2D eigenvalue weighted by Gasteiger charge is 2.05. The van der Waals surface area contributed by atoms with Gasteiger partial charge in [0.25, 0.3) is 0 Å². The molecule has 13 heavy (non-hydrogen) atoms. The summed E-state index contributed by atoms with van der Waals surface area (Å²) in [6, 6.07) is 4.15. The number of aromatic amines is 1. The minimum atomic E-state index is 0.870. The van der Waals surface area contributed by atoms with Gasteiger partial charge in [-0.15, -0.1) is 0 Å². The molecule has 3 N–H and O–H groups in total. The van der Waals surface area contributed by atoms with Crippen LogP contribution in [0.2, 0.25) is 0 Å². The Hall–Kier alpha value is -1.44. The van der Waals surface area contributed by atoms with Crippen LogP contribution in [0.25, 0.3) is 10.9 Å². The number of nitrogens with one attached hydrogen (secondary N) is 1. The Balaban J connectivity index is 2.89. The van der Waals surface area contributed by atoms with Crippen LogP contribution in [0.5, 0.6) is 0 Å². The van der Waals surface area contributed by atoms with Crippen LogP contribution in [-0.2, 0) is 0 Å². The van der Waals surface area contributed by atoms with Crippen molar-refractivity contribution in [1.82, 2.24) is 4.98 Å². The average molecular weight is 174 g/mol. The molecule has 0 saturated carbocycles. The first-order valence-corrected chi connectivity index (χ1v) is 4.44. The van der Waals surface area contributed by atoms with Crippen LogP contribution < -0.4 is 5.73 Å². The van der Waals surface area contributed by atoms with Gasteiger partial charge in [0.15, 0.2) is 0 Å². The van der Waals surface area contributed by atoms with Crippen molar-refractivity contribution in [2.75, 3.05) is 5.73 Å². The van der Waals surface area contributed by atoms with Crippen molar-refractivity contribution < 1.29 is 0 Å². The summed E-state index contributed by atoms with van der Waals surface area (Å²) in [6.45, 7) is 6.23. The van der Waals surface area contributed by atoms with Crippen molar-refractivity contribution in [3.63, 3.8) is 0 Å². The number of hydrogen-bond acceptors (Lipinski definition) is 1. The van der Waals surface area contributed by atoms with Crippen LogP contribution in [-0.4, -0.2) is 4.98 Å². The molecule has 0 aliphatic rings. The summed E-state index contributed by atoms with van der Waals surface area (Å²) in [5, 5.41) is 1.24. The molecule has 2 rings (SSSR count). The van der Waals surface area contributed by atoms with Gasteiger partial charge in [-0.2, -0.15) is 0 Å². The van der Waals surface area contributed by atoms with E-state index in [4.69, 9.17) is 5.73 Å². The smallest absolute Gasteiger partial charge is 0.0462 e. The summed E-state index contributed by atoms with van der Waals surface area (Å²) >= 11 is 0. The van der Waals surface area contributed by atoms with Gasteiger partial charge in [0.2, 0.25) is 0 Å². The monoisotopic (exact) mass is 174 g/mol. The number of H-pyrrole nitrogens is 1. The number of rotatable bonds is 0. The Labute approximate surface area is 77.8 Å². The van der Waals surface area contributed by atoms with Crippen molar-refractivity contribution in [3.8, 4) is 0 Å². The van der Waals surface area contributed by atoms with E-state index in [1.54, 1.807) is 0 Å². The minimum Gasteiger partial charge on any atom is -0.398 e. The third-order valence-corrected chi connectivity index (χ3v) is 2.69. The number of aromatic nitrogens is 1. The van der Waals surface area contributed by atoms with Gasteiger partial charge in [-0.1, -0.05) is 0 Å². The second-order valence-electron chi connectivity index (χ2n) is 3.63. The fourth-order valence-electron chi connectivity index (χ4n) is 1.64. The fourth-order valence-corrected chi connectivity index (χ4v) is 1.64. The zero-order valence-electron chi connectivity index (χ0n) is 8.23. The molecule has 0 unspecified atom stereocenters. The van der Waals surface area contributed by atoms with Crippen LogP contribution in [0, 0.1) is 20.8 Å². The van der Waals surface area contributed by atoms with E-state index in [9.17, 15) is 0 Å². The molecule has 2 nitrogen and oxygen atoms in total. The first-order valence-electron chi connectivity index (χ1n) is 4.44. The van der Waals surface area contributed by atoms with Gasteiger partial charge in [-0.05, 0) is 44.0 Å². The molecule has 68 valence electrons. The lowest BCUT2D eigenvalue weighted by Gasteiger charge is -1.99. The normalized spacial score (nSPS) is 11.0.